The molecule has 1 heterocycles. The minimum atomic E-state index is -0.473. The van der Waals surface area contributed by atoms with Gasteiger partial charge in [-0.2, -0.15) is 0 Å². The third-order valence-corrected chi connectivity index (χ3v) is 3.76. The van der Waals surface area contributed by atoms with Gasteiger partial charge in [-0.15, -0.1) is 0 Å². The van der Waals surface area contributed by atoms with Gasteiger partial charge in [0.2, 0.25) is 0 Å². The highest BCUT2D eigenvalue weighted by Crippen LogP contribution is 2.10. The number of guanidine groups is 1. The maximum atomic E-state index is 11.6. The average molecular weight is 356 g/mol. The smallest absolute Gasteiger partial charge is 0.407 e. The Bertz CT molecular complexity index is 414. The van der Waals surface area contributed by atoms with Crippen molar-refractivity contribution >= 4 is 12.1 Å². The summed E-state index contributed by atoms with van der Waals surface area (Å²) in [6, 6.07) is 0. The molecule has 7 heteroatoms. The third kappa shape index (κ3) is 10.9. The van der Waals surface area contributed by atoms with Crippen LogP contribution in [0.4, 0.5) is 4.79 Å². The number of hydrogen-bond acceptors (Lipinski definition) is 4. The predicted molar refractivity (Wildman–Crippen MR) is 103 cm³/mol. The largest absolute Gasteiger partial charge is 0.444 e. The summed E-state index contributed by atoms with van der Waals surface area (Å²) < 4.78 is 5.21. The maximum Gasteiger partial charge on any atom is 0.407 e. The van der Waals surface area contributed by atoms with Crippen LogP contribution in [0.5, 0.6) is 0 Å². The predicted octanol–water partition coefficient (Wildman–Crippen LogP) is 1.80. The highest BCUT2D eigenvalue weighted by molar-refractivity contribution is 5.79. The molecule has 0 spiro atoms. The number of likely N-dealkylation sites (tertiary alicyclic amines) is 1. The fraction of sp³-hybridized carbons (Fsp3) is 0.889. The number of nitrogens with zero attached hydrogens (tertiary/aromatic N) is 2. The van der Waals surface area contributed by atoms with E-state index in [1.165, 1.54) is 25.9 Å². The van der Waals surface area contributed by atoms with E-state index in [0.29, 0.717) is 19.0 Å². The van der Waals surface area contributed by atoms with Crippen LogP contribution in [-0.2, 0) is 4.74 Å². The van der Waals surface area contributed by atoms with Crippen molar-refractivity contribution in [3.05, 3.63) is 0 Å². The quantitative estimate of drug-likeness (QED) is 0.352. The molecule has 1 unspecified atom stereocenters. The van der Waals surface area contributed by atoms with Crippen LogP contribution in [-0.4, -0.2) is 68.4 Å². The minimum Gasteiger partial charge on any atom is -0.444 e. The lowest BCUT2D eigenvalue weighted by Gasteiger charge is -2.20. The van der Waals surface area contributed by atoms with Crippen LogP contribution in [0.1, 0.15) is 47.5 Å². The topological polar surface area (TPSA) is 78.0 Å². The summed E-state index contributed by atoms with van der Waals surface area (Å²) >= 11 is 0. The molecule has 1 saturated heterocycles. The Hall–Kier alpha value is -1.50. The second-order valence-corrected chi connectivity index (χ2v) is 7.69. The van der Waals surface area contributed by atoms with Crippen molar-refractivity contribution in [2.75, 3.05) is 45.8 Å². The van der Waals surface area contributed by atoms with Crippen molar-refractivity contribution in [1.82, 2.24) is 20.9 Å². The number of rotatable bonds is 8. The Labute approximate surface area is 153 Å². The summed E-state index contributed by atoms with van der Waals surface area (Å²) in [4.78, 5) is 18.8. The molecular formula is C18H37N5O2. The van der Waals surface area contributed by atoms with Gasteiger partial charge in [0, 0.05) is 32.7 Å². The molecule has 1 rings (SSSR count). The maximum absolute atomic E-state index is 11.6. The first-order chi connectivity index (χ1) is 11.8. The van der Waals surface area contributed by atoms with Gasteiger partial charge in [0.15, 0.2) is 5.96 Å². The van der Waals surface area contributed by atoms with Crippen LogP contribution in [0.3, 0.4) is 0 Å². The van der Waals surface area contributed by atoms with Gasteiger partial charge < -0.3 is 25.6 Å². The van der Waals surface area contributed by atoms with E-state index >= 15 is 0 Å². The highest BCUT2D eigenvalue weighted by atomic mass is 16.6. The van der Waals surface area contributed by atoms with E-state index in [4.69, 9.17) is 4.74 Å². The highest BCUT2D eigenvalue weighted by Gasteiger charge is 2.16. The lowest BCUT2D eigenvalue weighted by Crippen LogP contribution is -2.42. The molecule has 1 amide bonds. The zero-order valence-electron chi connectivity index (χ0n) is 16.7. The number of hydrogen-bond donors (Lipinski definition) is 3. The monoisotopic (exact) mass is 355 g/mol. The van der Waals surface area contributed by atoms with Crippen LogP contribution in [0.25, 0.3) is 0 Å². The van der Waals surface area contributed by atoms with Gasteiger partial charge in [-0.25, -0.2) is 4.79 Å². The van der Waals surface area contributed by atoms with E-state index in [2.05, 4.69) is 32.8 Å². The fourth-order valence-electron chi connectivity index (χ4n) is 2.71. The third-order valence-electron chi connectivity index (χ3n) is 3.76. The zero-order chi connectivity index (χ0) is 18.7. The van der Waals surface area contributed by atoms with E-state index < -0.39 is 11.7 Å². The summed E-state index contributed by atoms with van der Waals surface area (Å²) in [7, 11) is 0. The number of aliphatic imine (C=N–C) groups is 1. The Kier molecular flexibility index (Phi) is 9.63. The number of carbonyl (C=O) groups is 1. The van der Waals surface area contributed by atoms with Gasteiger partial charge in [0.05, 0.1) is 0 Å². The normalized spacial score (nSPS) is 17.2. The number of carbonyl (C=O) groups excluding carboxylic acids is 1. The van der Waals surface area contributed by atoms with Crippen molar-refractivity contribution in [2.45, 2.75) is 53.1 Å². The Morgan fingerprint density at radius 3 is 2.40 bits per heavy atom. The second kappa shape index (κ2) is 11.2. The molecule has 1 atom stereocenters. The fourth-order valence-corrected chi connectivity index (χ4v) is 2.71. The zero-order valence-corrected chi connectivity index (χ0v) is 16.7. The van der Waals surface area contributed by atoms with E-state index in [1.807, 2.05) is 27.7 Å². The molecule has 7 nitrogen and oxygen atoms in total. The first-order valence-electron chi connectivity index (χ1n) is 9.51. The van der Waals surface area contributed by atoms with Crippen molar-refractivity contribution in [1.29, 1.82) is 0 Å². The minimum absolute atomic E-state index is 0.393. The van der Waals surface area contributed by atoms with Crippen molar-refractivity contribution < 1.29 is 9.53 Å². The average Bonchev–Trinajstić information content (AvgIpc) is 3.00. The number of nitrogens with one attached hydrogen (secondary N) is 3. The van der Waals surface area contributed by atoms with Gasteiger partial charge in [0.1, 0.15) is 5.60 Å². The first-order valence-corrected chi connectivity index (χ1v) is 9.51. The molecule has 1 fully saturated rings. The van der Waals surface area contributed by atoms with Gasteiger partial charge in [-0.1, -0.05) is 6.92 Å². The molecular weight excluding hydrogens is 318 g/mol. The van der Waals surface area contributed by atoms with Gasteiger partial charge in [-0.05, 0) is 59.5 Å². The molecule has 25 heavy (non-hydrogen) atoms. The molecule has 0 bridgehead atoms. The molecule has 3 N–H and O–H groups in total. The van der Waals surface area contributed by atoms with Crippen LogP contribution in [0, 0.1) is 5.92 Å². The molecule has 1 aliphatic rings. The van der Waals surface area contributed by atoms with Crippen LogP contribution in [0.15, 0.2) is 4.99 Å². The van der Waals surface area contributed by atoms with Crippen molar-refractivity contribution in [3.63, 3.8) is 0 Å². The summed E-state index contributed by atoms with van der Waals surface area (Å²) in [5.74, 6) is 1.33. The van der Waals surface area contributed by atoms with E-state index in [-0.39, 0.29) is 0 Å². The Balaban J connectivity index is 2.26. The second-order valence-electron chi connectivity index (χ2n) is 7.69. The summed E-state index contributed by atoms with van der Waals surface area (Å²) in [5.41, 5.74) is -0.473. The molecule has 0 saturated carbocycles. The number of amides is 1. The summed E-state index contributed by atoms with van der Waals surface area (Å²) in [6.07, 6.45) is 2.26. The lowest BCUT2D eigenvalue weighted by molar-refractivity contribution is 0.0529. The SMILES string of the molecule is CCNC(=NCC(C)CN1CCCC1)NCCNC(=O)OC(C)(C)C. The van der Waals surface area contributed by atoms with E-state index in [9.17, 15) is 4.79 Å². The molecule has 0 aromatic heterocycles. The van der Waals surface area contributed by atoms with Crippen LogP contribution >= 0.6 is 0 Å². The molecule has 0 radical (unpaired) electrons. The summed E-state index contributed by atoms with van der Waals surface area (Å²) in [5, 5.41) is 9.22. The van der Waals surface area contributed by atoms with Crippen molar-refractivity contribution in [2.24, 2.45) is 10.9 Å². The number of ether oxygens (including phenoxy) is 1. The van der Waals surface area contributed by atoms with Crippen molar-refractivity contribution in [3.8, 4) is 0 Å². The lowest BCUT2D eigenvalue weighted by atomic mass is 10.2. The molecule has 0 aromatic rings. The van der Waals surface area contributed by atoms with Gasteiger partial charge in [0.25, 0.3) is 0 Å². The van der Waals surface area contributed by atoms with E-state index in [1.54, 1.807) is 0 Å². The molecule has 0 aliphatic carbocycles. The van der Waals surface area contributed by atoms with E-state index in [0.717, 1.165) is 25.6 Å². The summed E-state index contributed by atoms with van der Waals surface area (Å²) in [6.45, 7) is 16.1. The number of alkyl carbamates (subject to hydrolysis) is 1. The van der Waals surface area contributed by atoms with Crippen LogP contribution < -0.4 is 16.0 Å². The Morgan fingerprint density at radius 2 is 1.80 bits per heavy atom. The molecule has 1 aliphatic heterocycles. The van der Waals surface area contributed by atoms with Gasteiger partial charge in [-0.3, -0.25) is 4.99 Å². The standard InChI is InChI=1S/C18H37N5O2/c1-6-19-16(20-9-10-21-17(24)25-18(3,4)5)22-13-15(2)14-23-11-7-8-12-23/h15H,6-14H2,1-5H3,(H,21,24)(H2,19,20,22). The Morgan fingerprint density at radius 1 is 1.16 bits per heavy atom. The molecule has 146 valence electrons. The van der Waals surface area contributed by atoms with Gasteiger partial charge >= 0.3 is 6.09 Å². The molecule has 0 aromatic carbocycles. The van der Waals surface area contributed by atoms with Crippen LogP contribution in [0.2, 0.25) is 0 Å². The first kappa shape index (κ1) is 21.5.